The molecule has 1 aliphatic carbocycles. The van der Waals surface area contributed by atoms with E-state index < -0.39 is 0 Å². The average molecular weight is 263 g/mol. The number of carbonyl (C=O) groups excluding carboxylic acids is 1. The Morgan fingerprint density at radius 2 is 1.84 bits per heavy atom. The van der Waals surface area contributed by atoms with Gasteiger partial charge in [0.1, 0.15) is 11.9 Å². The summed E-state index contributed by atoms with van der Waals surface area (Å²) < 4.78 is 10.8. The molecule has 0 saturated heterocycles. The molecule has 0 bridgehead atoms. The predicted octanol–water partition coefficient (Wildman–Crippen LogP) is 2.91. The predicted molar refractivity (Wildman–Crippen MR) is 73.9 cm³/mol. The van der Waals surface area contributed by atoms with E-state index in [0.717, 1.165) is 25.7 Å². The second-order valence-corrected chi connectivity index (χ2v) is 4.93. The molecule has 104 valence electrons. The minimum Gasteiger partial charge on any atom is -0.480 e. The van der Waals surface area contributed by atoms with Crippen molar-refractivity contribution in [1.29, 1.82) is 0 Å². The molecule has 0 atom stereocenters. The number of hydrogen-bond acceptors (Lipinski definition) is 4. The van der Waals surface area contributed by atoms with Crippen molar-refractivity contribution in [2.45, 2.75) is 44.6 Å². The van der Waals surface area contributed by atoms with Crippen molar-refractivity contribution in [3.8, 4) is 5.75 Å². The van der Waals surface area contributed by atoms with Crippen molar-refractivity contribution in [2.24, 2.45) is 0 Å². The molecule has 0 aliphatic heterocycles. The fourth-order valence-electron chi connectivity index (χ4n) is 2.33. The van der Waals surface area contributed by atoms with E-state index in [1.807, 2.05) is 12.1 Å². The monoisotopic (exact) mass is 263 g/mol. The van der Waals surface area contributed by atoms with Crippen LogP contribution >= 0.6 is 0 Å². The van der Waals surface area contributed by atoms with Crippen molar-refractivity contribution in [3.63, 3.8) is 0 Å². The third-order valence-corrected chi connectivity index (χ3v) is 3.36. The quantitative estimate of drug-likeness (QED) is 0.515. The summed E-state index contributed by atoms with van der Waals surface area (Å²) >= 11 is 0. The van der Waals surface area contributed by atoms with Crippen LogP contribution in [0.4, 0.5) is 5.69 Å². The van der Waals surface area contributed by atoms with Crippen molar-refractivity contribution >= 4 is 11.7 Å². The lowest BCUT2D eigenvalue weighted by Gasteiger charge is -2.15. The molecule has 0 amide bonds. The third kappa shape index (κ3) is 4.47. The average Bonchev–Trinajstić information content (AvgIpc) is 2.66. The first-order valence-corrected chi connectivity index (χ1v) is 6.92. The summed E-state index contributed by atoms with van der Waals surface area (Å²) in [7, 11) is 0. The SMILES string of the molecule is Nc1ccccc1OCC(=O)OC1CCCCCC1. The normalized spacial score (nSPS) is 16.6. The van der Waals surface area contributed by atoms with Gasteiger partial charge >= 0.3 is 5.97 Å². The molecule has 4 heteroatoms. The van der Waals surface area contributed by atoms with E-state index in [1.165, 1.54) is 12.8 Å². The summed E-state index contributed by atoms with van der Waals surface area (Å²) in [5.74, 6) is 0.218. The van der Waals surface area contributed by atoms with Crippen LogP contribution in [-0.4, -0.2) is 18.7 Å². The van der Waals surface area contributed by atoms with Crippen LogP contribution in [0.1, 0.15) is 38.5 Å². The Morgan fingerprint density at radius 3 is 2.53 bits per heavy atom. The number of nitrogens with two attached hydrogens (primary N) is 1. The lowest BCUT2D eigenvalue weighted by molar-refractivity contribution is -0.152. The van der Waals surface area contributed by atoms with Crippen LogP contribution in [0, 0.1) is 0 Å². The zero-order chi connectivity index (χ0) is 13.5. The van der Waals surface area contributed by atoms with Gasteiger partial charge in [-0.25, -0.2) is 4.79 Å². The van der Waals surface area contributed by atoms with E-state index in [0.29, 0.717) is 11.4 Å². The number of anilines is 1. The fraction of sp³-hybridized carbons (Fsp3) is 0.533. The standard InChI is InChI=1S/C15H21NO3/c16-13-9-5-6-10-14(13)18-11-15(17)19-12-7-3-1-2-4-8-12/h5-6,9-10,12H,1-4,7-8,11,16H2. The van der Waals surface area contributed by atoms with Gasteiger partial charge in [0.25, 0.3) is 0 Å². The highest BCUT2D eigenvalue weighted by atomic mass is 16.6. The number of nitrogen functional groups attached to an aromatic ring is 1. The van der Waals surface area contributed by atoms with Crippen LogP contribution in [0.5, 0.6) is 5.75 Å². The summed E-state index contributed by atoms with van der Waals surface area (Å²) in [6, 6.07) is 7.13. The smallest absolute Gasteiger partial charge is 0.344 e. The van der Waals surface area contributed by atoms with Gasteiger partial charge in [0.2, 0.25) is 0 Å². The van der Waals surface area contributed by atoms with Gasteiger partial charge in [0.05, 0.1) is 5.69 Å². The molecule has 1 aromatic carbocycles. The summed E-state index contributed by atoms with van der Waals surface area (Å²) in [6.07, 6.45) is 6.77. The van der Waals surface area contributed by atoms with Crippen LogP contribution in [0.15, 0.2) is 24.3 Å². The maximum Gasteiger partial charge on any atom is 0.344 e. The molecule has 1 fully saturated rings. The van der Waals surface area contributed by atoms with E-state index in [4.69, 9.17) is 15.2 Å². The van der Waals surface area contributed by atoms with Crippen LogP contribution in [0.3, 0.4) is 0 Å². The minimum atomic E-state index is -0.310. The lowest BCUT2D eigenvalue weighted by Crippen LogP contribution is -2.22. The van der Waals surface area contributed by atoms with Gasteiger partial charge in [-0.1, -0.05) is 25.0 Å². The lowest BCUT2D eigenvalue weighted by atomic mass is 10.1. The van der Waals surface area contributed by atoms with E-state index in [-0.39, 0.29) is 18.7 Å². The third-order valence-electron chi connectivity index (χ3n) is 3.36. The number of benzene rings is 1. The Hall–Kier alpha value is -1.71. The Balaban J connectivity index is 1.76. The number of carbonyl (C=O) groups is 1. The molecule has 0 spiro atoms. The van der Waals surface area contributed by atoms with Gasteiger partial charge in [-0.15, -0.1) is 0 Å². The minimum absolute atomic E-state index is 0.0618. The highest BCUT2D eigenvalue weighted by molar-refractivity contribution is 5.71. The first-order chi connectivity index (χ1) is 9.25. The molecule has 19 heavy (non-hydrogen) atoms. The first kappa shape index (κ1) is 13.7. The molecule has 4 nitrogen and oxygen atoms in total. The van der Waals surface area contributed by atoms with Gasteiger partial charge in [-0.3, -0.25) is 0 Å². The molecular formula is C15H21NO3. The number of rotatable bonds is 4. The van der Waals surface area contributed by atoms with Gasteiger partial charge in [-0.05, 0) is 37.8 Å². The van der Waals surface area contributed by atoms with Gasteiger partial charge in [-0.2, -0.15) is 0 Å². The maximum absolute atomic E-state index is 11.7. The van der Waals surface area contributed by atoms with Crippen molar-refractivity contribution < 1.29 is 14.3 Å². The van der Waals surface area contributed by atoms with Gasteiger partial charge < -0.3 is 15.2 Å². The summed E-state index contributed by atoms with van der Waals surface area (Å²) in [5.41, 5.74) is 6.27. The number of ether oxygens (including phenoxy) is 2. The van der Waals surface area contributed by atoms with E-state index in [1.54, 1.807) is 12.1 Å². The zero-order valence-corrected chi connectivity index (χ0v) is 11.1. The molecule has 0 heterocycles. The number of para-hydroxylation sites is 2. The largest absolute Gasteiger partial charge is 0.480 e. The highest BCUT2D eigenvalue weighted by Gasteiger charge is 2.17. The zero-order valence-electron chi connectivity index (χ0n) is 11.1. The Labute approximate surface area is 113 Å². The molecule has 2 N–H and O–H groups in total. The second-order valence-electron chi connectivity index (χ2n) is 4.93. The van der Waals surface area contributed by atoms with Crippen molar-refractivity contribution in [1.82, 2.24) is 0 Å². The molecule has 0 aromatic heterocycles. The summed E-state index contributed by atoms with van der Waals surface area (Å²) in [4.78, 5) is 11.7. The van der Waals surface area contributed by atoms with Crippen LogP contribution in [0.25, 0.3) is 0 Å². The number of hydrogen-bond donors (Lipinski definition) is 1. The summed E-state index contributed by atoms with van der Waals surface area (Å²) in [5, 5.41) is 0. The van der Waals surface area contributed by atoms with Crippen LogP contribution in [-0.2, 0) is 9.53 Å². The van der Waals surface area contributed by atoms with E-state index >= 15 is 0 Å². The Morgan fingerprint density at radius 1 is 1.16 bits per heavy atom. The Kier molecular flexibility index (Phi) is 5.07. The van der Waals surface area contributed by atoms with Crippen molar-refractivity contribution in [3.05, 3.63) is 24.3 Å². The topological polar surface area (TPSA) is 61.5 Å². The van der Waals surface area contributed by atoms with Crippen LogP contribution < -0.4 is 10.5 Å². The molecule has 1 aromatic rings. The van der Waals surface area contributed by atoms with Gasteiger partial charge in [0.15, 0.2) is 6.61 Å². The molecular weight excluding hydrogens is 242 g/mol. The second kappa shape index (κ2) is 7.02. The molecule has 1 saturated carbocycles. The molecule has 1 aliphatic rings. The fourth-order valence-corrected chi connectivity index (χ4v) is 2.33. The first-order valence-electron chi connectivity index (χ1n) is 6.92. The van der Waals surface area contributed by atoms with Crippen LogP contribution in [0.2, 0.25) is 0 Å². The highest BCUT2D eigenvalue weighted by Crippen LogP contribution is 2.21. The summed E-state index contributed by atoms with van der Waals surface area (Å²) in [6.45, 7) is -0.0787. The molecule has 0 radical (unpaired) electrons. The van der Waals surface area contributed by atoms with E-state index in [2.05, 4.69) is 0 Å². The van der Waals surface area contributed by atoms with Crippen molar-refractivity contribution in [2.75, 3.05) is 12.3 Å². The van der Waals surface area contributed by atoms with E-state index in [9.17, 15) is 4.79 Å². The number of esters is 1. The molecule has 0 unspecified atom stereocenters. The van der Waals surface area contributed by atoms with Gasteiger partial charge in [0, 0.05) is 0 Å². The molecule has 2 rings (SSSR count). The Bertz CT molecular complexity index is 412. The maximum atomic E-state index is 11.7.